The van der Waals surface area contributed by atoms with E-state index in [9.17, 15) is 0 Å². The van der Waals surface area contributed by atoms with Gasteiger partial charge in [0.05, 0.1) is 0 Å². The fourth-order valence-corrected chi connectivity index (χ4v) is 4.60. The first-order valence-electron chi connectivity index (χ1n) is 9.93. The Balaban J connectivity index is 1.42. The van der Waals surface area contributed by atoms with Crippen LogP contribution in [0.2, 0.25) is 0 Å². The highest BCUT2D eigenvalue weighted by Gasteiger charge is 2.48. The quantitative estimate of drug-likeness (QED) is 0.684. The van der Waals surface area contributed by atoms with Gasteiger partial charge in [-0.1, -0.05) is 6.07 Å². The van der Waals surface area contributed by atoms with E-state index in [0.717, 1.165) is 29.7 Å². The van der Waals surface area contributed by atoms with Crippen molar-refractivity contribution in [3.8, 4) is 17.5 Å². The summed E-state index contributed by atoms with van der Waals surface area (Å²) in [6.45, 7) is 3.87. The molecule has 4 N–H and O–H groups in total. The van der Waals surface area contributed by atoms with Crippen LogP contribution in [-0.2, 0) is 0 Å². The number of nitrogens with zero attached hydrogens (tertiary/aromatic N) is 2. The third kappa shape index (κ3) is 2.87. The lowest BCUT2D eigenvalue weighted by atomic mass is 9.92. The summed E-state index contributed by atoms with van der Waals surface area (Å²) in [5.74, 6) is 2.65. The molecule has 3 unspecified atom stereocenters. The van der Waals surface area contributed by atoms with Gasteiger partial charge in [-0.05, 0) is 62.1 Å². The van der Waals surface area contributed by atoms with Crippen molar-refractivity contribution in [2.75, 3.05) is 11.5 Å². The SMILES string of the molecule is Cc1c(N)ccnc1Oc1ccc2c(c1)C1CCC2C1Oc1nccc(N)c1C. The van der Waals surface area contributed by atoms with Gasteiger partial charge in [-0.25, -0.2) is 9.97 Å². The topological polar surface area (TPSA) is 96.3 Å². The molecule has 2 heterocycles. The second kappa shape index (κ2) is 6.65. The minimum atomic E-state index is 0.0838. The summed E-state index contributed by atoms with van der Waals surface area (Å²) in [7, 11) is 0. The van der Waals surface area contributed by atoms with Gasteiger partial charge in [-0.15, -0.1) is 0 Å². The molecule has 0 radical (unpaired) electrons. The van der Waals surface area contributed by atoms with Crippen molar-refractivity contribution in [1.29, 1.82) is 0 Å². The van der Waals surface area contributed by atoms with Crippen LogP contribution < -0.4 is 20.9 Å². The highest BCUT2D eigenvalue weighted by molar-refractivity contribution is 5.53. The fraction of sp³-hybridized carbons (Fsp3) is 0.304. The number of anilines is 2. The van der Waals surface area contributed by atoms with E-state index in [1.165, 1.54) is 11.1 Å². The summed E-state index contributed by atoms with van der Waals surface area (Å²) in [5.41, 5.74) is 17.8. The molecule has 2 aliphatic carbocycles. The number of pyridine rings is 2. The van der Waals surface area contributed by atoms with Gasteiger partial charge in [0, 0.05) is 46.7 Å². The predicted octanol–water partition coefficient (Wildman–Crippen LogP) is 4.47. The summed E-state index contributed by atoms with van der Waals surface area (Å²) < 4.78 is 12.4. The molecular weight excluding hydrogens is 364 g/mol. The molecule has 3 atom stereocenters. The molecule has 2 aliphatic rings. The Morgan fingerprint density at radius 2 is 1.45 bits per heavy atom. The van der Waals surface area contributed by atoms with Crippen LogP contribution in [0.15, 0.2) is 42.7 Å². The molecular formula is C23H24N4O2. The van der Waals surface area contributed by atoms with E-state index in [1.54, 1.807) is 24.5 Å². The maximum atomic E-state index is 6.39. The second-order valence-corrected chi connectivity index (χ2v) is 7.93. The van der Waals surface area contributed by atoms with Crippen LogP contribution in [-0.4, -0.2) is 16.1 Å². The van der Waals surface area contributed by atoms with E-state index < -0.39 is 0 Å². The van der Waals surface area contributed by atoms with Gasteiger partial charge < -0.3 is 20.9 Å². The molecule has 1 saturated carbocycles. The van der Waals surface area contributed by atoms with Crippen LogP contribution >= 0.6 is 0 Å². The van der Waals surface area contributed by atoms with Crippen molar-refractivity contribution in [3.63, 3.8) is 0 Å². The lowest BCUT2D eigenvalue weighted by Crippen LogP contribution is -2.20. The van der Waals surface area contributed by atoms with Crippen LogP contribution in [0.1, 0.15) is 46.9 Å². The van der Waals surface area contributed by atoms with Gasteiger partial charge in [0.1, 0.15) is 11.9 Å². The molecule has 0 amide bonds. The van der Waals surface area contributed by atoms with E-state index in [-0.39, 0.29) is 6.10 Å². The molecule has 5 rings (SSSR count). The van der Waals surface area contributed by atoms with Crippen molar-refractivity contribution >= 4 is 11.4 Å². The standard InChI is InChI=1S/C23H24N4O2/c1-12-19(24)7-9-26-22(12)28-14-3-4-15-16-5-6-17(18(15)11-14)21(16)29-23-13(2)20(25)8-10-27-23/h3-4,7-11,16-17,21H,5-6H2,1-2H3,(H2,24,26)(H2,25,27). The number of nitrogens with two attached hydrogens (primary N) is 2. The fourth-order valence-electron chi connectivity index (χ4n) is 4.60. The number of hydrogen-bond donors (Lipinski definition) is 2. The third-order valence-corrected chi connectivity index (χ3v) is 6.30. The van der Waals surface area contributed by atoms with Crippen LogP contribution in [0.25, 0.3) is 0 Å². The minimum absolute atomic E-state index is 0.0838. The van der Waals surface area contributed by atoms with Crippen LogP contribution in [0.4, 0.5) is 11.4 Å². The van der Waals surface area contributed by atoms with E-state index in [1.807, 2.05) is 19.9 Å². The zero-order valence-electron chi connectivity index (χ0n) is 16.6. The molecule has 2 bridgehead atoms. The lowest BCUT2D eigenvalue weighted by Gasteiger charge is -2.19. The molecule has 29 heavy (non-hydrogen) atoms. The summed E-state index contributed by atoms with van der Waals surface area (Å²) in [5, 5.41) is 0. The van der Waals surface area contributed by atoms with Gasteiger partial charge in [-0.2, -0.15) is 0 Å². The number of nitrogen functional groups attached to an aromatic ring is 2. The number of ether oxygens (including phenoxy) is 2. The Bertz CT molecular complexity index is 1100. The van der Waals surface area contributed by atoms with E-state index in [4.69, 9.17) is 20.9 Å². The van der Waals surface area contributed by atoms with Gasteiger partial charge >= 0.3 is 0 Å². The molecule has 0 saturated heterocycles. The molecule has 1 aromatic carbocycles. The van der Waals surface area contributed by atoms with Crippen molar-refractivity contribution in [1.82, 2.24) is 9.97 Å². The van der Waals surface area contributed by atoms with Crippen molar-refractivity contribution in [3.05, 3.63) is 65.0 Å². The molecule has 3 aromatic rings. The van der Waals surface area contributed by atoms with Gasteiger partial charge in [0.25, 0.3) is 0 Å². The smallest absolute Gasteiger partial charge is 0.224 e. The largest absolute Gasteiger partial charge is 0.473 e. The van der Waals surface area contributed by atoms with Gasteiger partial charge in [-0.3, -0.25) is 0 Å². The van der Waals surface area contributed by atoms with Gasteiger partial charge in [0.15, 0.2) is 0 Å². The monoisotopic (exact) mass is 388 g/mol. The average Bonchev–Trinajstić information content (AvgIpc) is 3.24. The zero-order valence-corrected chi connectivity index (χ0v) is 16.6. The Morgan fingerprint density at radius 1 is 0.828 bits per heavy atom. The molecule has 6 heteroatoms. The first-order valence-corrected chi connectivity index (χ1v) is 9.93. The normalized spacial score (nSPS) is 21.8. The second-order valence-electron chi connectivity index (χ2n) is 7.93. The van der Waals surface area contributed by atoms with Crippen LogP contribution in [0.5, 0.6) is 17.5 Å². The summed E-state index contributed by atoms with van der Waals surface area (Å²) in [6, 6.07) is 9.87. The number of benzene rings is 1. The third-order valence-electron chi connectivity index (χ3n) is 6.30. The van der Waals surface area contributed by atoms with E-state index in [0.29, 0.717) is 35.0 Å². The van der Waals surface area contributed by atoms with Gasteiger partial charge in [0.2, 0.25) is 11.8 Å². The maximum absolute atomic E-state index is 6.39. The Hall–Kier alpha value is -3.28. The summed E-state index contributed by atoms with van der Waals surface area (Å²) >= 11 is 0. The minimum Gasteiger partial charge on any atom is -0.473 e. The molecule has 6 nitrogen and oxygen atoms in total. The zero-order chi connectivity index (χ0) is 20.1. The predicted molar refractivity (Wildman–Crippen MR) is 112 cm³/mol. The van der Waals surface area contributed by atoms with Crippen molar-refractivity contribution in [2.24, 2.45) is 0 Å². The average molecular weight is 388 g/mol. The van der Waals surface area contributed by atoms with Crippen molar-refractivity contribution < 1.29 is 9.47 Å². The number of aromatic nitrogens is 2. The molecule has 1 fully saturated rings. The number of hydrogen-bond acceptors (Lipinski definition) is 6. The summed E-state index contributed by atoms with van der Waals surface area (Å²) in [4.78, 5) is 8.72. The summed E-state index contributed by atoms with van der Waals surface area (Å²) in [6.07, 6.45) is 5.68. The molecule has 0 spiro atoms. The molecule has 148 valence electrons. The highest BCUT2D eigenvalue weighted by atomic mass is 16.5. The Kier molecular flexibility index (Phi) is 4.08. The number of fused-ring (bicyclic) bond motifs is 5. The molecule has 0 aliphatic heterocycles. The Morgan fingerprint density at radius 3 is 2.17 bits per heavy atom. The first-order chi connectivity index (χ1) is 14.0. The molecule has 2 aromatic heterocycles. The number of rotatable bonds is 4. The lowest BCUT2D eigenvalue weighted by molar-refractivity contribution is 0.177. The maximum Gasteiger partial charge on any atom is 0.224 e. The highest BCUT2D eigenvalue weighted by Crippen LogP contribution is 2.55. The first kappa shape index (κ1) is 17.8. The van der Waals surface area contributed by atoms with Crippen molar-refractivity contribution in [2.45, 2.75) is 44.6 Å². The van der Waals surface area contributed by atoms with E-state index >= 15 is 0 Å². The Labute approximate surface area is 169 Å². The van der Waals surface area contributed by atoms with Crippen LogP contribution in [0, 0.1) is 13.8 Å². The van der Waals surface area contributed by atoms with E-state index in [2.05, 4.69) is 22.1 Å². The van der Waals surface area contributed by atoms with Crippen LogP contribution in [0.3, 0.4) is 0 Å².